The molecule has 2 aromatic carbocycles. The van der Waals surface area contributed by atoms with Gasteiger partial charge >= 0.3 is 0 Å². The first-order valence-electron chi connectivity index (χ1n) is 7.26. The van der Waals surface area contributed by atoms with Crippen molar-refractivity contribution in [2.24, 2.45) is 5.92 Å². The Kier molecular flexibility index (Phi) is 5.13. The quantitative estimate of drug-likeness (QED) is 0.768. The molecule has 1 atom stereocenters. The van der Waals surface area contributed by atoms with E-state index in [1.165, 1.54) is 0 Å². The molecule has 1 aliphatic heterocycles. The molecule has 1 aliphatic rings. The lowest BCUT2D eigenvalue weighted by atomic mass is 10.1. The van der Waals surface area contributed by atoms with Gasteiger partial charge in [0.25, 0.3) is 0 Å². The molecule has 24 heavy (non-hydrogen) atoms. The maximum atomic E-state index is 12.5. The molecule has 7 heteroatoms. The van der Waals surface area contributed by atoms with Gasteiger partial charge in [0.05, 0.1) is 16.6 Å². The minimum Gasteiger partial charge on any atom is -0.324 e. The van der Waals surface area contributed by atoms with Crippen molar-refractivity contribution in [1.82, 2.24) is 0 Å². The van der Waals surface area contributed by atoms with Crippen LogP contribution in [0, 0.1) is 5.92 Å². The van der Waals surface area contributed by atoms with Crippen LogP contribution in [0.4, 0.5) is 11.4 Å². The number of amides is 2. The van der Waals surface area contributed by atoms with Crippen LogP contribution in [0.3, 0.4) is 0 Å². The SMILES string of the molecule is O=C(Nc1ccc(Br)cc1Cl)[C@H]1CC(=O)N(c2cccc(Cl)c2)C1. The maximum absolute atomic E-state index is 12.5. The Morgan fingerprint density at radius 2 is 2.00 bits per heavy atom. The Morgan fingerprint density at radius 3 is 2.71 bits per heavy atom. The standard InChI is InChI=1S/C17H13BrCl2N2O2/c18-11-4-5-15(14(20)7-11)21-17(24)10-6-16(23)22(9-10)13-3-1-2-12(19)8-13/h1-5,7-8,10H,6,9H2,(H,21,24)/t10-/m0/s1. The van der Waals surface area contributed by atoms with Gasteiger partial charge in [-0.15, -0.1) is 0 Å². The summed E-state index contributed by atoms with van der Waals surface area (Å²) in [6, 6.07) is 12.2. The first kappa shape index (κ1) is 17.3. The van der Waals surface area contributed by atoms with E-state index in [0.717, 1.165) is 4.47 Å². The molecule has 1 heterocycles. The number of hydrogen-bond donors (Lipinski definition) is 1. The fraction of sp³-hybridized carbons (Fsp3) is 0.176. The molecule has 124 valence electrons. The smallest absolute Gasteiger partial charge is 0.229 e. The number of nitrogens with zero attached hydrogens (tertiary/aromatic N) is 1. The fourth-order valence-electron chi connectivity index (χ4n) is 2.60. The van der Waals surface area contributed by atoms with Crippen LogP contribution in [0.2, 0.25) is 10.0 Å². The van der Waals surface area contributed by atoms with Crippen LogP contribution >= 0.6 is 39.1 Å². The van der Waals surface area contributed by atoms with Gasteiger partial charge in [-0.1, -0.05) is 45.2 Å². The first-order valence-corrected chi connectivity index (χ1v) is 8.81. The van der Waals surface area contributed by atoms with Gasteiger partial charge in [-0.25, -0.2) is 0 Å². The van der Waals surface area contributed by atoms with Crippen LogP contribution < -0.4 is 10.2 Å². The Hall–Kier alpha value is -1.56. The Morgan fingerprint density at radius 1 is 1.21 bits per heavy atom. The van der Waals surface area contributed by atoms with E-state index in [0.29, 0.717) is 28.0 Å². The first-order chi connectivity index (χ1) is 11.4. The summed E-state index contributed by atoms with van der Waals surface area (Å²) >= 11 is 15.4. The highest BCUT2D eigenvalue weighted by Crippen LogP contribution is 2.30. The van der Waals surface area contributed by atoms with Gasteiger partial charge in [-0.2, -0.15) is 0 Å². The summed E-state index contributed by atoms with van der Waals surface area (Å²) in [5.41, 5.74) is 1.22. The minimum absolute atomic E-state index is 0.0979. The van der Waals surface area contributed by atoms with E-state index in [4.69, 9.17) is 23.2 Å². The number of hydrogen-bond acceptors (Lipinski definition) is 2. The molecule has 1 N–H and O–H groups in total. The summed E-state index contributed by atoms with van der Waals surface area (Å²) in [7, 11) is 0. The molecule has 0 spiro atoms. The average Bonchev–Trinajstić information content (AvgIpc) is 2.92. The molecule has 0 aromatic heterocycles. The zero-order valence-electron chi connectivity index (χ0n) is 12.4. The van der Waals surface area contributed by atoms with E-state index in [2.05, 4.69) is 21.2 Å². The highest BCUT2D eigenvalue weighted by atomic mass is 79.9. The number of carbonyl (C=O) groups is 2. The van der Waals surface area contributed by atoms with Crippen molar-refractivity contribution in [1.29, 1.82) is 0 Å². The Labute approximate surface area is 157 Å². The van der Waals surface area contributed by atoms with Crippen molar-refractivity contribution in [3.63, 3.8) is 0 Å². The van der Waals surface area contributed by atoms with Gasteiger partial charge in [0.15, 0.2) is 0 Å². The molecule has 4 nitrogen and oxygen atoms in total. The summed E-state index contributed by atoms with van der Waals surface area (Å²) < 4.78 is 0.827. The van der Waals surface area contributed by atoms with Crippen LogP contribution in [0.15, 0.2) is 46.9 Å². The molecule has 3 rings (SSSR count). The van der Waals surface area contributed by atoms with Crippen LogP contribution in [0.5, 0.6) is 0 Å². The van der Waals surface area contributed by atoms with E-state index in [-0.39, 0.29) is 18.2 Å². The maximum Gasteiger partial charge on any atom is 0.229 e. The lowest BCUT2D eigenvalue weighted by Gasteiger charge is -2.17. The monoisotopic (exact) mass is 426 g/mol. The number of carbonyl (C=O) groups excluding carboxylic acids is 2. The lowest BCUT2D eigenvalue weighted by molar-refractivity contribution is -0.122. The summed E-state index contributed by atoms with van der Waals surface area (Å²) in [6.07, 6.45) is 0.159. The Bertz CT molecular complexity index is 813. The number of anilines is 2. The third kappa shape index (κ3) is 3.74. The van der Waals surface area contributed by atoms with Gasteiger partial charge in [0.1, 0.15) is 0 Å². The normalized spacial score (nSPS) is 17.2. The predicted molar refractivity (Wildman–Crippen MR) is 99.7 cm³/mol. The third-order valence-electron chi connectivity index (χ3n) is 3.80. The largest absolute Gasteiger partial charge is 0.324 e. The molecule has 0 bridgehead atoms. The molecule has 0 aliphatic carbocycles. The summed E-state index contributed by atoms with van der Waals surface area (Å²) in [5.74, 6) is -0.757. The predicted octanol–water partition coefficient (Wildman–Crippen LogP) is 4.75. The molecular weight excluding hydrogens is 415 g/mol. The highest BCUT2D eigenvalue weighted by Gasteiger charge is 2.35. The van der Waals surface area contributed by atoms with Crippen molar-refractivity contribution < 1.29 is 9.59 Å². The van der Waals surface area contributed by atoms with Crippen molar-refractivity contribution in [2.45, 2.75) is 6.42 Å². The van der Waals surface area contributed by atoms with Crippen molar-refractivity contribution in [3.8, 4) is 0 Å². The third-order valence-corrected chi connectivity index (χ3v) is 4.85. The minimum atomic E-state index is -0.434. The molecule has 0 radical (unpaired) electrons. The van der Waals surface area contributed by atoms with Crippen LogP contribution in [-0.2, 0) is 9.59 Å². The second-order valence-electron chi connectivity index (χ2n) is 5.50. The zero-order valence-corrected chi connectivity index (χ0v) is 15.5. The van der Waals surface area contributed by atoms with Gasteiger partial charge < -0.3 is 10.2 Å². The molecule has 0 unspecified atom stereocenters. The van der Waals surface area contributed by atoms with Crippen LogP contribution in [0.1, 0.15) is 6.42 Å². The van der Waals surface area contributed by atoms with Gasteiger partial charge in [0.2, 0.25) is 11.8 Å². The van der Waals surface area contributed by atoms with E-state index in [1.54, 1.807) is 47.4 Å². The molecule has 1 fully saturated rings. The van der Waals surface area contributed by atoms with E-state index >= 15 is 0 Å². The van der Waals surface area contributed by atoms with Crippen molar-refractivity contribution in [2.75, 3.05) is 16.8 Å². The van der Waals surface area contributed by atoms with Crippen LogP contribution in [0.25, 0.3) is 0 Å². The second-order valence-corrected chi connectivity index (χ2v) is 7.26. The summed E-state index contributed by atoms with van der Waals surface area (Å²) in [4.78, 5) is 26.3. The number of rotatable bonds is 3. The van der Waals surface area contributed by atoms with E-state index in [1.807, 2.05) is 0 Å². The zero-order chi connectivity index (χ0) is 17.3. The van der Waals surface area contributed by atoms with Gasteiger partial charge in [-0.3, -0.25) is 9.59 Å². The average molecular weight is 428 g/mol. The van der Waals surface area contributed by atoms with Gasteiger partial charge in [-0.05, 0) is 36.4 Å². The highest BCUT2D eigenvalue weighted by molar-refractivity contribution is 9.10. The second kappa shape index (κ2) is 7.13. The lowest BCUT2D eigenvalue weighted by Crippen LogP contribution is -2.28. The molecular formula is C17H13BrCl2N2O2. The molecule has 1 saturated heterocycles. The fourth-order valence-corrected chi connectivity index (χ4v) is 3.51. The molecule has 2 aromatic rings. The van der Waals surface area contributed by atoms with Crippen molar-refractivity contribution in [3.05, 3.63) is 57.0 Å². The molecule has 0 saturated carbocycles. The van der Waals surface area contributed by atoms with E-state index < -0.39 is 5.92 Å². The summed E-state index contributed by atoms with van der Waals surface area (Å²) in [5, 5.41) is 3.78. The van der Waals surface area contributed by atoms with E-state index in [9.17, 15) is 9.59 Å². The molecule has 2 amide bonds. The van der Waals surface area contributed by atoms with Gasteiger partial charge in [0, 0.05) is 28.1 Å². The number of halogens is 3. The summed E-state index contributed by atoms with van der Waals surface area (Å²) in [6.45, 7) is 0.319. The number of benzene rings is 2. The van der Waals surface area contributed by atoms with Crippen LogP contribution in [-0.4, -0.2) is 18.4 Å². The topological polar surface area (TPSA) is 49.4 Å². The Balaban J connectivity index is 1.72. The number of nitrogens with one attached hydrogen (secondary N) is 1. The van der Waals surface area contributed by atoms with Crippen molar-refractivity contribution >= 4 is 62.3 Å².